The molecule has 1 fully saturated rings. The highest BCUT2D eigenvalue weighted by molar-refractivity contribution is 14.0. The zero-order valence-electron chi connectivity index (χ0n) is 14.0. The van der Waals surface area contributed by atoms with Crippen LogP contribution in [0.2, 0.25) is 0 Å². The summed E-state index contributed by atoms with van der Waals surface area (Å²) in [4.78, 5) is 17.4. The average molecular weight is 428 g/mol. The number of amides is 1. The maximum Gasteiger partial charge on any atom is 0.243 e. The summed E-state index contributed by atoms with van der Waals surface area (Å²) < 4.78 is 11.1. The van der Waals surface area contributed by atoms with Crippen LogP contribution in [0.25, 0.3) is 0 Å². The van der Waals surface area contributed by atoms with Crippen LogP contribution < -0.4 is 10.6 Å². The molecule has 0 bridgehead atoms. The van der Waals surface area contributed by atoms with E-state index in [0.29, 0.717) is 25.7 Å². The molecule has 22 heavy (non-hydrogen) atoms. The minimum absolute atomic E-state index is 0. The number of carbonyl (C=O) groups is 1. The maximum absolute atomic E-state index is 11.6. The van der Waals surface area contributed by atoms with Crippen LogP contribution in [0.3, 0.4) is 0 Å². The summed E-state index contributed by atoms with van der Waals surface area (Å²) >= 11 is 0. The van der Waals surface area contributed by atoms with E-state index in [0.717, 1.165) is 19.4 Å². The van der Waals surface area contributed by atoms with Crippen LogP contribution >= 0.6 is 24.0 Å². The molecule has 1 amide bonds. The summed E-state index contributed by atoms with van der Waals surface area (Å²) in [6, 6.07) is 0. The fourth-order valence-corrected chi connectivity index (χ4v) is 2.07. The fourth-order valence-electron chi connectivity index (χ4n) is 2.07. The van der Waals surface area contributed by atoms with Gasteiger partial charge in [-0.15, -0.1) is 24.0 Å². The van der Waals surface area contributed by atoms with Crippen LogP contribution in [-0.2, 0) is 14.3 Å². The van der Waals surface area contributed by atoms with Gasteiger partial charge in [0.15, 0.2) is 5.96 Å². The highest BCUT2D eigenvalue weighted by Gasteiger charge is 2.32. The Morgan fingerprint density at radius 1 is 1.32 bits per heavy atom. The van der Waals surface area contributed by atoms with E-state index < -0.39 is 0 Å². The third-order valence-electron chi connectivity index (χ3n) is 3.63. The van der Waals surface area contributed by atoms with Crippen LogP contribution in [0, 0.1) is 0 Å². The molecule has 8 heteroatoms. The van der Waals surface area contributed by atoms with Crippen molar-refractivity contribution in [3.05, 3.63) is 0 Å². The molecule has 1 rings (SSSR count). The summed E-state index contributed by atoms with van der Waals surface area (Å²) in [7, 11) is 5.17. The number of likely N-dealkylation sites (N-methyl/N-ethyl adjacent to an activating group) is 1. The number of ether oxygens (including phenoxy) is 2. The van der Waals surface area contributed by atoms with E-state index in [4.69, 9.17) is 9.47 Å². The summed E-state index contributed by atoms with van der Waals surface area (Å²) in [5.41, 5.74) is -0.222. The Kier molecular flexibility index (Phi) is 10.7. The molecule has 0 unspecified atom stereocenters. The lowest BCUT2D eigenvalue weighted by molar-refractivity contribution is -0.127. The molecule has 1 saturated heterocycles. The van der Waals surface area contributed by atoms with Crippen molar-refractivity contribution < 1.29 is 14.3 Å². The maximum atomic E-state index is 11.6. The lowest BCUT2D eigenvalue weighted by Gasteiger charge is -2.36. The number of nitrogens with zero attached hydrogens (tertiary/aromatic N) is 2. The van der Waals surface area contributed by atoms with Crippen molar-refractivity contribution >= 4 is 35.8 Å². The SMILES string of the molecule is CCNC(=NCC(=O)N(C)C)NCC1(OC)CCOCC1.I. The summed E-state index contributed by atoms with van der Waals surface area (Å²) in [6.07, 6.45) is 1.71. The topological polar surface area (TPSA) is 75.2 Å². The number of hydrogen-bond donors (Lipinski definition) is 2. The molecular formula is C14H29IN4O3. The molecule has 0 radical (unpaired) electrons. The van der Waals surface area contributed by atoms with Crippen LogP contribution in [0.4, 0.5) is 0 Å². The van der Waals surface area contributed by atoms with E-state index >= 15 is 0 Å². The Balaban J connectivity index is 0.00000441. The predicted octanol–water partition coefficient (Wildman–Crippen LogP) is 0.443. The fraction of sp³-hybridized carbons (Fsp3) is 0.857. The minimum atomic E-state index is -0.222. The number of nitrogens with one attached hydrogen (secondary N) is 2. The van der Waals surface area contributed by atoms with Gasteiger partial charge in [-0.1, -0.05) is 0 Å². The molecule has 0 aromatic heterocycles. The highest BCUT2D eigenvalue weighted by atomic mass is 127. The second-order valence-electron chi connectivity index (χ2n) is 5.34. The van der Waals surface area contributed by atoms with E-state index in [-0.39, 0.29) is 42.0 Å². The lowest BCUT2D eigenvalue weighted by atomic mass is 9.94. The van der Waals surface area contributed by atoms with Gasteiger partial charge in [-0.05, 0) is 6.92 Å². The van der Waals surface area contributed by atoms with E-state index in [1.54, 1.807) is 21.2 Å². The smallest absolute Gasteiger partial charge is 0.243 e. The molecule has 0 atom stereocenters. The first kappa shape index (κ1) is 21.4. The van der Waals surface area contributed by atoms with E-state index in [1.807, 2.05) is 6.92 Å². The zero-order chi connectivity index (χ0) is 15.7. The molecule has 2 N–H and O–H groups in total. The van der Waals surface area contributed by atoms with Crippen molar-refractivity contribution in [2.24, 2.45) is 4.99 Å². The summed E-state index contributed by atoms with van der Waals surface area (Å²) in [6.45, 7) is 4.93. The van der Waals surface area contributed by atoms with Gasteiger partial charge in [-0.3, -0.25) is 4.79 Å². The number of hydrogen-bond acceptors (Lipinski definition) is 4. The van der Waals surface area contributed by atoms with Crippen molar-refractivity contribution in [1.29, 1.82) is 0 Å². The van der Waals surface area contributed by atoms with Gasteiger partial charge >= 0.3 is 0 Å². The molecule has 0 aliphatic carbocycles. The van der Waals surface area contributed by atoms with Crippen molar-refractivity contribution in [2.45, 2.75) is 25.4 Å². The van der Waals surface area contributed by atoms with Crippen molar-refractivity contribution in [2.75, 3.05) is 54.1 Å². The van der Waals surface area contributed by atoms with Gasteiger partial charge < -0.3 is 25.0 Å². The Labute approximate surface area is 150 Å². The zero-order valence-corrected chi connectivity index (χ0v) is 16.3. The van der Waals surface area contributed by atoms with E-state index in [9.17, 15) is 4.79 Å². The second-order valence-corrected chi connectivity index (χ2v) is 5.34. The standard InChI is InChI=1S/C14H28N4O3.HI/c1-5-15-13(16-10-12(19)18(2)3)17-11-14(20-4)6-8-21-9-7-14;/h5-11H2,1-4H3,(H2,15,16,17);1H. The first-order valence-corrected chi connectivity index (χ1v) is 7.38. The minimum Gasteiger partial charge on any atom is -0.381 e. The van der Waals surface area contributed by atoms with Gasteiger partial charge in [-0.25, -0.2) is 4.99 Å². The van der Waals surface area contributed by atoms with E-state index in [1.165, 1.54) is 4.90 Å². The Bertz CT molecular complexity index is 358. The Morgan fingerprint density at radius 2 is 1.95 bits per heavy atom. The average Bonchev–Trinajstić information content (AvgIpc) is 2.50. The molecule has 1 aliphatic rings. The van der Waals surface area contributed by atoms with Gasteiger partial charge in [-0.2, -0.15) is 0 Å². The molecule has 7 nitrogen and oxygen atoms in total. The van der Waals surface area contributed by atoms with Crippen LogP contribution in [-0.4, -0.2) is 76.4 Å². The Morgan fingerprint density at radius 3 is 2.45 bits per heavy atom. The van der Waals surface area contributed by atoms with Crippen molar-refractivity contribution in [3.63, 3.8) is 0 Å². The number of carbonyl (C=O) groups excluding carboxylic acids is 1. The largest absolute Gasteiger partial charge is 0.381 e. The van der Waals surface area contributed by atoms with E-state index in [2.05, 4.69) is 15.6 Å². The lowest BCUT2D eigenvalue weighted by Crippen LogP contribution is -2.51. The first-order chi connectivity index (χ1) is 10.0. The van der Waals surface area contributed by atoms with Gasteiger partial charge in [0, 0.05) is 60.4 Å². The molecule has 0 aromatic carbocycles. The predicted molar refractivity (Wildman–Crippen MR) is 97.9 cm³/mol. The first-order valence-electron chi connectivity index (χ1n) is 7.38. The van der Waals surface area contributed by atoms with Crippen LogP contribution in [0.1, 0.15) is 19.8 Å². The van der Waals surface area contributed by atoms with Gasteiger partial charge in [0.05, 0.1) is 5.60 Å². The number of methoxy groups -OCH3 is 1. The third-order valence-corrected chi connectivity index (χ3v) is 3.63. The highest BCUT2D eigenvalue weighted by Crippen LogP contribution is 2.23. The normalized spacial score (nSPS) is 17.4. The molecule has 1 aliphatic heterocycles. The molecule has 0 spiro atoms. The van der Waals surface area contributed by atoms with Gasteiger partial charge in [0.2, 0.25) is 5.91 Å². The second kappa shape index (κ2) is 11.0. The van der Waals surface area contributed by atoms with Crippen molar-refractivity contribution in [3.8, 4) is 0 Å². The van der Waals surface area contributed by atoms with Gasteiger partial charge in [0.1, 0.15) is 6.54 Å². The third kappa shape index (κ3) is 7.10. The number of halogens is 1. The van der Waals surface area contributed by atoms with Gasteiger partial charge in [0.25, 0.3) is 0 Å². The Hall–Kier alpha value is -0.610. The van der Waals surface area contributed by atoms with Crippen LogP contribution in [0.5, 0.6) is 0 Å². The quantitative estimate of drug-likeness (QED) is 0.365. The molecule has 1 heterocycles. The number of guanidine groups is 1. The molecule has 0 aromatic rings. The monoisotopic (exact) mass is 428 g/mol. The summed E-state index contributed by atoms with van der Waals surface area (Å²) in [5.74, 6) is 0.607. The summed E-state index contributed by atoms with van der Waals surface area (Å²) in [5, 5.41) is 6.40. The van der Waals surface area contributed by atoms with Crippen LogP contribution in [0.15, 0.2) is 4.99 Å². The number of aliphatic imine (C=N–C) groups is 1. The molecule has 0 saturated carbocycles. The number of rotatable bonds is 6. The van der Waals surface area contributed by atoms with Crippen molar-refractivity contribution in [1.82, 2.24) is 15.5 Å². The molecule has 130 valence electrons. The molecular weight excluding hydrogens is 399 g/mol.